The fourth-order valence-electron chi connectivity index (χ4n) is 2.77. The molecule has 2 aromatic carbocycles. The number of ether oxygens (including phenoxy) is 1. The number of benzene rings is 2. The number of hydrogen-bond acceptors (Lipinski definition) is 4. The highest BCUT2D eigenvalue weighted by Crippen LogP contribution is 2.18. The lowest BCUT2D eigenvalue weighted by atomic mass is 10.2. The third-order valence-electron chi connectivity index (χ3n) is 4.23. The summed E-state index contributed by atoms with van der Waals surface area (Å²) in [4.78, 5) is 28.8. The fourth-order valence-corrected chi connectivity index (χ4v) is 3.04. The van der Waals surface area contributed by atoms with Gasteiger partial charge in [0.2, 0.25) is 0 Å². The molecule has 1 N–H and O–H groups in total. The van der Waals surface area contributed by atoms with Gasteiger partial charge in [-0.2, -0.15) is 0 Å². The van der Waals surface area contributed by atoms with Crippen molar-refractivity contribution in [1.29, 1.82) is 0 Å². The Kier molecular flexibility index (Phi) is 5.39. The molecule has 0 atom stereocenters. The Hall–Kier alpha value is -3.45. The third kappa shape index (κ3) is 4.52. The molecule has 4 rings (SSSR count). The molecule has 1 amide bonds. The van der Waals surface area contributed by atoms with E-state index >= 15 is 0 Å². The second-order valence-corrected chi connectivity index (χ2v) is 7.20. The van der Waals surface area contributed by atoms with Crippen molar-refractivity contribution in [3.05, 3.63) is 105 Å². The van der Waals surface area contributed by atoms with Crippen molar-refractivity contribution in [2.24, 2.45) is 0 Å². The van der Waals surface area contributed by atoms with Crippen LogP contribution in [0.2, 0.25) is 0 Å². The number of halogens is 1. The van der Waals surface area contributed by atoms with Crippen molar-refractivity contribution in [1.82, 2.24) is 9.38 Å². The largest absolute Gasteiger partial charge is 0.487 e. The van der Waals surface area contributed by atoms with Crippen LogP contribution in [0.15, 0.2) is 88.3 Å². The van der Waals surface area contributed by atoms with Crippen LogP contribution in [0.3, 0.4) is 0 Å². The summed E-state index contributed by atoms with van der Waals surface area (Å²) < 4.78 is 8.12. The van der Waals surface area contributed by atoms with Crippen molar-refractivity contribution in [2.45, 2.75) is 6.61 Å². The van der Waals surface area contributed by atoms with Gasteiger partial charge in [0.25, 0.3) is 11.5 Å². The summed E-state index contributed by atoms with van der Waals surface area (Å²) in [5.74, 6) is 0.425. The first-order chi connectivity index (χ1) is 14.1. The van der Waals surface area contributed by atoms with Crippen molar-refractivity contribution in [2.75, 3.05) is 5.32 Å². The molecule has 0 saturated carbocycles. The smallest absolute Gasteiger partial charge is 0.258 e. The molecule has 0 aliphatic carbocycles. The maximum absolute atomic E-state index is 12.3. The number of amides is 1. The summed E-state index contributed by atoms with van der Waals surface area (Å²) in [6.45, 7) is 0.172. The average molecular weight is 450 g/mol. The number of carbonyl (C=O) groups excluding carboxylic acids is 1. The number of nitrogens with one attached hydrogen (secondary N) is 1. The molecule has 6 nitrogen and oxygen atoms in total. The minimum Gasteiger partial charge on any atom is -0.487 e. The van der Waals surface area contributed by atoms with Crippen LogP contribution in [0.5, 0.6) is 5.75 Å². The van der Waals surface area contributed by atoms with Crippen molar-refractivity contribution < 1.29 is 9.53 Å². The molecule has 29 heavy (non-hydrogen) atoms. The summed E-state index contributed by atoms with van der Waals surface area (Å²) in [5, 5.41) is 2.84. The van der Waals surface area contributed by atoms with Crippen molar-refractivity contribution in [3.63, 3.8) is 0 Å². The summed E-state index contributed by atoms with van der Waals surface area (Å²) in [7, 11) is 0. The first-order valence-electron chi connectivity index (χ1n) is 8.85. The zero-order valence-corrected chi connectivity index (χ0v) is 16.8. The number of carbonyl (C=O) groups is 1. The summed E-state index contributed by atoms with van der Waals surface area (Å²) in [6, 6.07) is 21.0. The van der Waals surface area contributed by atoms with E-state index in [1.54, 1.807) is 54.7 Å². The van der Waals surface area contributed by atoms with E-state index in [-0.39, 0.29) is 18.1 Å². The molecule has 0 saturated heterocycles. The van der Waals surface area contributed by atoms with E-state index in [9.17, 15) is 9.59 Å². The van der Waals surface area contributed by atoms with Crippen LogP contribution in [0.25, 0.3) is 5.65 Å². The van der Waals surface area contributed by atoms with Gasteiger partial charge < -0.3 is 10.1 Å². The molecule has 144 valence electrons. The van der Waals surface area contributed by atoms with E-state index in [1.807, 2.05) is 18.2 Å². The van der Waals surface area contributed by atoms with Crippen LogP contribution in [-0.2, 0) is 6.61 Å². The van der Waals surface area contributed by atoms with Gasteiger partial charge in [-0.25, -0.2) is 4.98 Å². The summed E-state index contributed by atoms with van der Waals surface area (Å²) >= 11 is 3.35. The van der Waals surface area contributed by atoms with Crippen LogP contribution in [0.4, 0.5) is 5.69 Å². The van der Waals surface area contributed by atoms with E-state index in [1.165, 1.54) is 10.5 Å². The molecule has 0 fully saturated rings. The summed E-state index contributed by atoms with van der Waals surface area (Å²) in [6.07, 6.45) is 1.68. The van der Waals surface area contributed by atoms with Crippen LogP contribution in [0, 0.1) is 0 Å². The molecule has 0 radical (unpaired) electrons. The van der Waals surface area contributed by atoms with Gasteiger partial charge in [-0.15, -0.1) is 0 Å². The minimum atomic E-state index is -0.188. The van der Waals surface area contributed by atoms with Crippen molar-refractivity contribution >= 4 is 33.2 Å². The normalized spacial score (nSPS) is 10.7. The van der Waals surface area contributed by atoms with Gasteiger partial charge in [0.1, 0.15) is 18.0 Å². The molecule has 2 aromatic heterocycles. The first-order valence-corrected chi connectivity index (χ1v) is 9.65. The van der Waals surface area contributed by atoms with E-state index in [2.05, 4.69) is 26.2 Å². The Labute approximate surface area is 174 Å². The highest BCUT2D eigenvalue weighted by molar-refractivity contribution is 9.10. The molecule has 4 aromatic rings. The second kappa shape index (κ2) is 8.28. The van der Waals surface area contributed by atoms with Crippen LogP contribution < -0.4 is 15.6 Å². The van der Waals surface area contributed by atoms with Gasteiger partial charge in [0.05, 0.1) is 5.69 Å². The molecule has 0 unspecified atom stereocenters. The molecule has 0 aliphatic heterocycles. The lowest BCUT2D eigenvalue weighted by Gasteiger charge is -2.09. The number of rotatable bonds is 5. The molecule has 7 heteroatoms. The highest BCUT2D eigenvalue weighted by Gasteiger charge is 2.07. The lowest BCUT2D eigenvalue weighted by molar-refractivity contribution is 0.102. The molecular formula is C22H16BrN3O3. The van der Waals surface area contributed by atoms with Gasteiger partial charge >= 0.3 is 0 Å². The zero-order valence-electron chi connectivity index (χ0n) is 15.2. The molecule has 0 spiro atoms. The number of nitrogens with zero attached hydrogens (tertiary/aromatic N) is 2. The Morgan fingerprint density at radius 1 is 1.03 bits per heavy atom. The number of anilines is 1. The standard InChI is InChI=1S/C22H16BrN3O3/c23-16-6-4-15(5-7-16)22(28)25-17-8-10-19(11-9-17)29-14-18-13-21(27)26-12-2-1-3-20(26)24-18/h1-13H,14H2,(H,25,28). The van der Waals surface area contributed by atoms with Gasteiger partial charge in [-0.05, 0) is 60.7 Å². The maximum atomic E-state index is 12.3. The Morgan fingerprint density at radius 3 is 2.55 bits per heavy atom. The van der Waals surface area contributed by atoms with E-state index < -0.39 is 0 Å². The Bertz CT molecular complexity index is 1220. The van der Waals surface area contributed by atoms with Gasteiger partial charge in [0.15, 0.2) is 0 Å². The second-order valence-electron chi connectivity index (χ2n) is 6.29. The van der Waals surface area contributed by atoms with Gasteiger partial charge in [-0.1, -0.05) is 22.0 Å². The molecular weight excluding hydrogens is 434 g/mol. The van der Waals surface area contributed by atoms with E-state index in [0.29, 0.717) is 28.3 Å². The SMILES string of the molecule is O=C(Nc1ccc(OCc2cc(=O)n3ccccc3n2)cc1)c1ccc(Br)cc1. The predicted octanol–water partition coefficient (Wildman–Crippen LogP) is 4.29. The summed E-state index contributed by atoms with van der Waals surface area (Å²) in [5.41, 5.74) is 2.20. The monoisotopic (exact) mass is 449 g/mol. The zero-order chi connectivity index (χ0) is 20.2. The predicted molar refractivity (Wildman–Crippen MR) is 114 cm³/mol. The first kappa shape index (κ1) is 18.9. The van der Waals surface area contributed by atoms with E-state index in [0.717, 1.165) is 4.47 Å². The fraction of sp³-hybridized carbons (Fsp3) is 0.0455. The minimum absolute atomic E-state index is 0.153. The van der Waals surface area contributed by atoms with Crippen LogP contribution >= 0.6 is 15.9 Å². The quantitative estimate of drug-likeness (QED) is 0.493. The van der Waals surface area contributed by atoms with Crippen LogP contribution in [0.1, 0.15) is 16.1 Å². The topological polar surface area (TPSA) is 72.7 Å². The van der Waals surface area contributed by atoms with Gasteiger partial charge in [-0.3, -0.25) is 14.0 Å². The number of aromatic nitrogens is 2. The Morgan fingerprint density at radius 2 is 1.79 bits per heavy atom. The maximum Gasteiger partial charge on any atom is 0.258 e. The van der Waals surface area contributed by atoms with Crippen LogP contribution in [-0.4, -0.2) is 15.3 Å². The lowest BCUT2D eigenvalue weighted by Crippen LogP contribution is -2.16. The molecule has 0 aliphatic rings. The Balaban J connectivity index is 1.40. The molecule has 2 heterocycles. The number of pyridine rings is 1. The highest BCUT2D eigenvalue weighted by atomic mass is 79.9. The van der Waals surface area contributed by atoms with Crippen molar-refractivity contribution in [3.8, 4) is 5.75 Å². The average Bonchev–Trinajstić information content (AvgIpc) is 2.74. The number of hydrogen-bond donors (Lipinski definition) is 1. The van der Waals surface area contributed by atoms with Gasteiger partial charge in [0, 0.05) is 28.0 Å². The van der Waals surface area contributed by atoms with E-state index in [4.69, 9.17) is 4.74 Å². The number of fused-ring (bicyclic) bond motifs is 1. The molecule has 0 bridgehead atoms. The third-order valence-corrected chi connectivity index (χ3v) is 4.76.